The van der Waals surface area contributed by atoms with Crippen molar-refractivity contribution in [2.75, 3.05) is 19.8 Å². The molecule has 0 heterocycles. The Morgan fingerprint density at radius 3 is 1.67 bits per heavy atom. The third-order valence-corrected chi connectivity index (χ3v) is 5.52. The molecule has 0 spiro atoms. The van der Waals surface area contributed by atoms with E-state index in [0.29, 0.717) is 16.7 Å². The molecule has 0 aromatic heterocycles. The lowest BCUT2D eigenvalue weighted by atomic mass is 10.0. The van der Waals surface area contributed by atoms with Gasteiger partial charge < -0.3 is 35.7 Å². The summed E-state index contributed by atoms with van der Waals surface area (Å²) in [4.78, 5) is 14.1. The highest BCUT2D eigenvalue weighted by Crippen LogP contribution is 2.27. The highest BCUT2D eigenvalue weighted by atomic mass is 16.4. The Morgan fingerprint density at radius 1 is 0.788 bits per heavy atom. The molecular weight excluding hydrogens is 432 g/mol. The van der Waals surface area contributed by atoms with Crippen LogP contribution in [0.5, 0.6) is 11.5 Å². The Hall–Kier alpha value is -2.73. The van der Waals surface area contributed by atoms with Gasteiger partial charge in [0.25, 0.3) is 0 Å². The number of hydrogen-bond donors (Lipinski definition) is 7. The monoisotopic (exact) mass is 462 g/mol. The Bertz CT molecular complexity index is 923. The number of benzene rings is 2. The van der Waals surface area contributed by atoms with E-state index in [1.54, 1.807) is 30.3 Å². The largest absolute Gasteiger partial charge is 0.507 e. The molecule has 2 aromatic rings. The Labute approximate surface area is 192 Å². The van der Waals surface area contributed by atoms with Gasteiger partial charge in [0, 0.05) is 42.4 Å². The van der Waals surface area contributed by atoms with E-state index in [1.165, 1.54) is 15.9 Å². The van der Waals surface area contributed by atoms with Crippen LogP contribution in [0, 0.1) is 7.05 Å². The van der Waals surface area contributed by atoms with Crippen molar-refractivity contribution in [1.82, 2.24) is 9.80 Å². The minimum Gasteiger partial charge on any atom is -0.507 e. The maximum absolute atomic E-state index is 11.5. The van der Waals surface area contributed by atoms with Crippen molar-refractivity contribution in [2.24, 2.45) is 0 Å². The molecule has 0 bridgehead atoms. The van der Waals surface area contributed by atoms with Crippen LogP contribution in [0.2, 0.25) is 0 Å². The normalized spacial score (nSPS) is 13.4. The summed E-state index contributed by atoms with van der Waals surface area (Å²) in [7, 11) is 6.17. The number of carboxylic acid groups (broad SMARTS) is 1. The van der Waals surface area contributed by atoms with Crippen LogP contribution < -0.4 is 0 Å². The van der Waals surface area contributed by atoms with Gasteiger partial charge in [-0.15, -0.1) is 0 Å². The number of aliphatic hydroxyl groups is 4. The van der Waals surface area contributed by atoms with Crippen LogP contribution in [-0.2, 0) is 31.1 Å². The topological polar surface area (TPSA) is 165 Å². The third kappa shape index (κ3) is 6.64. The first-order valence-electron chi connectivity index (χ1n) is 10.3. The summed E-state index contributed by atoms with van der Waals surface area (Å²) in [6.07, 6.45) is 0. The molecule has 2 aromatic carbocycles. The maximum atomic E-state index is 11.5. The second-order valence-electron chi connectivity index (χ2n) is 7.64. The van der Waals surface area contributed by atoms with E-state index in [1.807, 2.05) is 0 Å². The summed E-state index contributed by atoms with van der Waals surface area (Å²) in [6.45, 7) is -2.58. The standard InChI is InChI=1S/C23H30N2O8/c1-24(8-15-4-2-6-17(11-26)22(15)32)19(13-28)20(14-29)25(10-21(30)31)9-16-5-3-7-18(12-27)23(16)33/h1-7,19-20,26-29,32-33H,8-14H2,(H,30,31). The zero-order valence-electron chi connectivity index (χ0n) is 18.1. The lowest BCUT2D eigenvalue weighted by molar-refractivity contribution is -0.140. The van der Waals surface area contributed by atoms with Gasteiger partial charge in [-0.3, -0.25) is 14.6 Å². The fourth-order valence-corrected chi connectivity index (χ4v) is 3.72. The van der Waals surface area contributed by atoms with E-state index < -0.39 is 44.4 Å². The van der Waals surface area contributed by atoms with Crippen LogP contribution in [0.4, 0.5) is 0 Å². The van der Waals surface area contributed by atoms with Crippen LogP contribution >= 0.6 is 0 Å². The molecule has 0 fully saturated rings. The molecular formula is C23H30N2O8. The van der Waals surface area contributed by atoms with Crippen LogP contribution in [0.3, 0.4) is 0 Å². The van der Waals surface area contributed by atoms with Crippen molar-refractivity contribution >= 4 is 5.97 Å². The predicted octanol–water partition coefficient (Wildman–Crippen LogP) is -0.138. The van der Waals surface area contributed by atoms with Crippen LogP contribution in [0.1, 0.15) is 22.3 Å². The second-order valence-corrected chi connectivity index (χ2v) is 7.64. The van der Waals surface area contributed by atoms with E-state index in [4.69, 9.17) is 7.05 Å². The number of aliphatic hydroxyl groups excluding tert-OH is 4. The molecule has 2 rings (SSSR count). The van der Waals surface area contributed by atoms with Crippen LogP contribution in [-0.4, -0.2) is 83.4 Å². The Morgan fingerprint density at radius 2 is 1.24 bits per heavy atom. The van der Waals surface area contributed by atoms with Crippen molar-refractivity contribution in [2.45, 2.75) is 38.4 Å². The number of carboxylic acids is 1. The fourth-order valence-electron chi connectivity index (χ4n) is 3.72. The Kier molecular flexibility index (Phi) is 10.0. The fraction of sp³-hybridized carbons (Fsp3) is 0.391. The molecule has 0 aliphatic carbocycles. The van der Waals surface area contributed by atoms with Gasteiger partial charge in [-0.1, -0.05) is 36.4 Å². The first-order chi connectivity index (χ1) is 15.8. The van der Waals surface area contributed by atoms with Gasteiger partial charge in [0.05, 0.1) is 45.1 Å². The van der Waals surface area contributed by atoms with Gasteiger partial charge in [0.1, 0.15) is 11.5 Å². The second kappa shape index (κ2) is 12.5. The van der Waals surface area contributed by atoms with E-state index in [-0.39, 0.29) is 36.8 Å². The number of carbonyl (C=O) groups is 1. The molecule has 10 heteroatoms. The smallest absolute Gasteiger partial charge is 0.317 e. The molecule has 0 amide bonds. The summed E-state index contributed by atoms with van der Waals surface area (Å²) in [6, 6.07) is 7.53. The van der Waals surface area contributed by atoms with Gasteiger partial charge in [-0.05, 0) is 0 Å². The summed E-state index contributed by atoms with van der Waals surface area (Å²) < 4.78 is 0. The van der Waals surface area contributed by atoms with Crippen molar-refractivity contribution in [3.05, 3.63) is 65.7 Å². The maximum Gasteiger partial charge on any atom is 0.317 e. The summed E-state index contributed by atoms with van der Waals surface area (Å²) in [5, 5.41) is 68.9. The number of para-hydroxylation sites is 2. The molecule has 2 atom stereocenters. The minimum absolute atomic E-state index is 0.0619. The molecule has 0 aliphatic heterocycles. The molecule has 0 saturated carbocycles. The zero-order chi connectivity index (χ0) is 24.5. The van der Waals surface area contributed by atoms with Gasteiger partial charge in [-0.2, -0.15) is 0 Å². The molecule has 10 nitrogen and oxygen atoms in total. The van der Waals surface area contributed by atoms with Gasteiger partial charge >= 0.3 is 5.97 Å². The highest BCUT2D eigenvalue weighted by molar-refractivity contribution is 5.69. The molecule has 0 saturated heterocycles. The lowest BCUT2D eigenvalue weighted by Gasteiger charge is -2.39. The molecule has 2 radical (unpaired) electrons. The predicted molar refractivity (Wildman–Crippen MR) is 118 cm³/mol. The van der Waals surface area contributed by atoms with Gasteiger partial charge in [0.2, 0.25) is 0 Å². The first kappa shape index (κ1) is 26.5. The number of phenols is 2. The van der Waals surface area contributed by atoms with Crippen molar-refractivity contribution in [3.63, 3.8) is 0 Å². The quantitative estimate of drug-likeness (QED) is 0.199. The average molecular weight is 462 g/mol. The van der Waals surface area contributed by atoms with Crippen molar-refractivity contribution in [3.8, 4) is 11.5 Å². The van der Waals surface area contributed by atoms with Crippen molar-refractivity contribution < 1.29 is 40.5 Å². The molecule has 0 aliphatic rings. The summed E-state index contributed by atoms with van der Waals surface area (Å²) in [5.74, 6) is -1.54. The number of nitrogens with zero attached hydrogens (tertiary/aromatic N) is 2. The Balaban J connectivity index is 2.33. The molecule has 33 heavy (non-hydrogen) atoms. The SMILES string of the molecule is [CH]N(Cc1cccc(CO)c1O)C(CO)C(CO)N(CC(=O)O)Cc1cccc(CO)c1O. The summed E-state index contributed by atoms with van der Waals surface area (Å²) in [5.41, 5.74) is 1.26. The minimum atomic E-state index is -1.19. The first-order valence-corrected chi connectivity index (χ1v) is 10.3. The number of aromatic hydroxyl groups is 2. The summed E-state index contributed by atoms with van der Waals surface area (Å²) >= 11 is 0. The molecule has 7 N–H and O–H groups in total. The van der Waals surface area contributed by atoms with Crippen LogP contribution in [0.15, 0.2) is 36.4 Å². The van der Waals surface area contributed by atoms with Gasteiger partial charge in [0.15, 0.2) is 0 Å². The van der Waals surface area contributed by atoms with E-state index in [2.05, 4.69) is 0 Å². The van der Waals surface area contributed by atoms with E-state index in [9.17, 15) is 40.5 Å². The average Bonchev–Trinajstić information content (AvgIpc) is 2.79. The highest BCUT2D eigenvalue weighted by Gasteiger charge is 2.32. The van der Waals surface area contributed by atoms with Crippen LogP contribution in [0.25, 0.3) is 0 Å². The molecule has 2 unspecified atom stereocenters. The van der Waals surface area contributed by atoms with E-state index in [0.717, 1.165) is 0 Å². The lowest BCUT2D eigenvalue weighted by Crippen LogP contribution is -2.54. The third-order valence-electron chi connectivity index (χ3n) is 5.52. The van der Waals surface area contributed by atoms with Crippen molar-refractivity contribution in [1.29, 1.82) is 0 Å². The zero-order valence-corrected chi connectivity index (χ0v) is 18.1. The number of rotatable bonds is 13. The number of hydrogen-bond acceptors (Lipinski definition) is 9. The number of aliphatic carboxylic acids is 1. The molecule has 180 valence electrons. The van der Waals surface area contributed by atoms with Gasteiger partial charge in [-0.25, -0.2) is 0 Å². The van der Waals surface area contributed by atoms with E-state index >= 15 is 0 Å².